The molecule has 17 heavy (non-hydrogen) atoms. The van der Waals surface area contributed by atoms with E-state index in [2.05, 4.69) is 15.5 Å². The maximum atomic E-state index is 11.9. The summed E-state index contributed by atoms with van der Waals surface area (Å²) >= 11 is 0. The van der Waals surface area contributed by atoms with Crippen LogP contribution < -0.4 is 11.1 Å². The lowest BCUT2D eigenvalue weighted by Gasteiger charge is -2.06. The van der Waals surface area contributed by atoms with Crippen molar-refractivity contribution in [2.75, 3.05) is 11.1 Å². The molecule has 0 bridgehead atoms. The number of aromatic nitrogens is 2. The van der Waals surface area contributed by atoms with Crippen LogP contribution in [0.25, 0.3) is 0 Å². The van der Waals surface area contributed by atoms with E-state index in [0.29, 0.717) is 11.5 Å². The largest absolute Gasteiger partial charge is 0.507 e. The molecule has 0 radical (unpaired) electrons. The minimum atomic E-state index is -0.442. The van der Waals surface area contributed by atoms with Crippen LogP contribution in [-0.4, -0.2) is 21.2 Å². The molecule has 88 valence electrons. The number of nitrogen functional groups attached to an aromatic ring is 1. The highest BCUT2D eigenvalue weighted by atomic mass is 16.3. The molecule has 0 aliphatic rings. The molecule has 5 N–H and O–H groups in total. The van der Waals surface area contributed by atoms with Crippen LogP contribution in [0.2, 0.25) is 0 Å². The van der Waals surface area contributed by atoms with Gasteiger partial charge in [-0.25, -0.2) is 0 Å². The minimum absolute atomic E-state index is 0.0776. The van der Waals surface area contributed by atoms with Crippen molar-refractivity contribution in [3.05, 3.63) is 35.5 Å². The van der Waals surface area contributed by atoms with Gasteiger partial charge >= 0.3 is 0 Å². The van der Waals surface area contributed by atoms with Crippen LogP contribution in [0, 0.1) is 6.92 Å². The Morgan fingerprint density at radius 3 is 2.94 bits per heavy atom. The van der Waals surface area contributed by atoms with E-state index in [-0.39, 0.29) is 11.3 Å². The van der Waals surface area contributed by atoms with E-state index < -0.39 is 5.91 Å². The number of nitrogens with two attached hydrogens (primary N) is 1. The molecule has 1 amide bonds. The molecular weight excluding hydrogens is 220 g/mol. The molecule has 0 fully saturated rings. The van der Waals surface area contributed by atoms with Crippen molar-refractivity contribution in [2.45, 2.75) is 6.92 Å². The summed E-state index contributed by atoms with van der Waals surface area (Å²) < 4.78 is 0. The number of nitrogens with one attached hydrogen (secondary N) is 2. The molecule has 0 spiro atoms. The molecule has 0 aliphatic carbocycles. The predicted octanol–water partition coefficient (Wildman–Crippen LogP) is 1.26. The molecule has 0 saturated heterocycles. The highest BCUT2D eigenvalue weighted by Gasteiger charge is 2.13. The molecule has 0 atom stereocenters. The average molecular weight is 232 g/mol. The van der Waals surface area contributed by atoms with Gasteiger partial charge in [-0.3, -0.25) is 9.89 Å². The molecule has 1 heterocycles. The fourth-order valence-corrected chi connectivity index (χ4v) is 1.41. The number of carbonyl (C=O) groups is 1. The Bertz CT molecular complexity index is 562. The number of aryl methyl sites for hydroxylation is 1. The zero-order valence-electron chi connectivity index (χ0n) is 9.19. The number of phenolic OH excluding ortho intramolecular Hbond substituents is 1. The minimum Gasteiger partial charge on any atom is -0.507 e. The Balaban J connectivity index is 2.26. The summed E-state index contributed by atoms with van der Waals surface area (Å²) in [5.41, 5.74) is 6.98. The van der Waals surface area contributed by atoms with Gasteiger partial charge in [-0.2, -0.15) is 5.10 Å². The number of hydrogen-bond acceptors (Lipinski definition) is 4. The maximum absolute atomic E-state index is 11.9. The number of nitrogens with zero attached hydrogens (tertiary/aromatic N) is 1. The monoisotopic (exact) mass is 232 g/mol. The molecular formula is C11H12N4O2. The summed E-state index contributed by atoms with van der Waals surface area (Å²) in [6.45, 7) is 1.83. The molecule has 0 aliphatic heterocycles. The number of benzene rings is 1. The maximum Gasteiger partial charge on any atom is 0.260 e. The predicted molar refractivity (Wildman–Crippen MR) is 63.8 cm³/mol. The molecule has 2 rings (SSSR count). The molecule has 6 nitrogen and oxygen atoms in total. The van der Waals surface area contributed by atoms with Crippen LogP contribution >= 0.6 is 0 Å². The van der Waals surface area contributed by atoms with E-state index in [0.717, 1.165) is 5.56 Å². The lowest BCUT2D eigenvalue weighted by atomic mass is 10.1. The summed E-state index contributed by atoms with van der Waals surface area (Å²) in [7, 11) is 0. The fraction of sp³-hybridized carbons (Fsp3) is 0.0909. The van der Waals surface area contributed by atoms with Crippen LogP contribution in [0.3, 0.4) is 0 Å². The molecule has 0 saturated carbocycles. The summed E-state index contributed by atoms with van der Waals surface area (Å²) in [5.74, 6) is -0.204. The number of phenols is 1. The third-order valence-electron chi connectivity index (χ3n) is 2.30. The van der Waals surface area contributed by atoms with Gasteiger partial charge in [-0.05, 0) is 19.1 Å². The fourth-order valence-electron chi connectivity index (χ4n) is 1.41. The average Bonchev–Trinajstić information content (AvgIpc) is 2.68. The number of anilines is 2. The van der Waals surface area contributed by atoms with Crippen molar-refractivity contribution in [2.24, 2.45) is 0 Å². The van der Waals surface area contributed by atoms with Gasteiger partial charge in [0.25, 0.3) is 5.91 Å². The SMILES string of the molecule is Cc1ccc(O)c(C(=O)Nc2[nH]ncc2N)c1. The van der Waals surface area contributed by atoms with Crippen LogP contribution in [0.5, 0.6) is 5.75 Å². The highest BCUT2D eigenvalue weighted by Crippen LogP contribution is 2.20. The first-order valence-corrected chi connectivity index (χ1v) is 4.97. The standard InChI is InChI=1S/C11H12N4O2/c1-6-2-3-9(16)7(4-6)11(17)14-10-8(12)5-13-15-10/h2-5,16H,12H2,1H3,(H2,13,14,15,17). The Morgan fingerprint density at radius 2 is 2.29 bits per heavy atom. The summed E-state index contributed by atoms with van der Waals surface area (Å²) in [5, 5.41) is 18.4. The third kappa shape index (κ3) is 2.20. The van der Waals surface area contributed by atoms with Crippen molar-refractivity contribution in [1.82, 2.24) is 10.2 Å². The van der Waals surface area contributed by atoms with E-state index in [1.165, 1.54) is 12.3 Å². The van der Waals surface area contributed by atoms with Gasteiger partial charge in [-0.1, -0.05) is 11.6 Å². The van der Waals surface area contributed by atoms with E-state index >= 15 is 0 Å². The lowest BCUT2D eigenvalue weighted by molar-refractivity contribution is 0.102. The van der Waals surface area contributed by atoms with Gasteiger partial charge in [0, 0.05) is 0 Å². The van der Waals surface area contributed by atoms with Crippen molar-refractivity contribution < 1.29 is 9.90 Å². The number of H-pyrrole nitrogens is 1. The second-order valence-electron chi connectivity index (χ2n) is 3.68. The van der Waals surface area contributed by atoms with Crippen molar-refractivity contribution in [3.8, 4) is 5.75 Å². The van der Waals surface area contributed by atoms with Gasteiger partial charge in [0.15, 0.2) is 5.82 Å². The quantitative estimate of drug-likeness (QED) is 0.625. The molecule has 2 aromatic rings. The third-order valence-corrected chi connectivity index (χ3v) is 2.30. The summed E-state index contributed by atoms with van der Waals surface area (Å²) in [6, 6.07) is 4.79. The number of rotatable bonds is 2. The van der Waals surface area contributed by atoms with Crippen LogP contribution in [0.15, 0.2) is 24.4 Å². The number of aromatic hydroxyl groups is 1. The zero-order valence-corrected chi connectivity index (χ0v) is 9.19. The molecule has 1 aromatic carbocycles. The molecule has 6 heteroatoms. The molecule has 0 unspecified atom stereocenters. The Labute approximate surface area is 97.5 Å². The van der Waals surface area contributed by atoms with Crippen LogP contribution in [0.1, 0.15) is 15.9 Å². The number of hydrogen-bond donors (Lipinski definition) is 4. The topological polar surface area (TPSA) is 104 Å². The first kappa shape index (κ1) is 11.0. The first-order valence-electron chi connectivity index (χ1n) is 4.97. The number of amides is 1. The van der Waals surface area contributed by atoms with Crippen molar-refractivity contribution in [1.29, 1.82) is 0 Å². The van der Waals surface area contributed by atoms with E-state index in [4.69, 9.17) is 5.73 Å². The van der Waals surface area contributed by atoms with E-state index in [1.54, 1.807) is 12.1 Å². The summed E-state index contributed by atoms with van der Waals surface area (Å²) in [4.78, 5) is 11.9. The second kappa shape index (κ2) is 4.17. The second-order valence-corrected chi connectivity index (χ2v) is 3.68. The van der Waals surface area contributed by atoms with Crippen molar-refractivity contribution in [3.63, 3.8) is 0 Å². The van der Waals surface area contributed by atoms with Gasteiger partial charge in [-0.15, -0.1) is 0 Å². The first-order chi connectivity index (χ1) is 8.08. The van der Waals surface area contributed by atoms with Gasteiger partial charge in [0.2, 0.25) is 0 Å². The van der Waals surface area contributed by atoms with E-state index in [1.807, 2.05) is 6.92 Å². The van der Waals surface area contributed by atoms with Crippen molar-refractivity contribution >= 4 is 17.4 Å². The van der Waals surface area contributed by atoms with Gasteiger partial charge < -0.3 is 16.2 Å². The van der Waals surface area contributed by atoms with Crippen LogP contribution in [0.4, 0.5) is 11.5 Å². The Hall–Kier alpha value is -2.50. The van der Waals surface area contributed by atoms with E-state index in [9.17, 15) is 9.90 Å². The molecule has 1 aromatic heterocycles. The van der Waals surface area contributed by atoms with Gasteiger partial charge in [0.05, 0.1) is 17.4 Å². The number of carbonyl (C=O) groups excluding carboxylic acids is 1. The highest BCUT2D eigenvalue weighted by molar-refractivity contribution is 6.06. The Kier molecular flexibility index (Phi) is 2.70. The number of aromatic amines is 1. The van der Waals surface area contributed by atoms with Gasteiger partial charge in [0.1, 0.15) is 5.75 Å². The smallest absolute Gasteiger partial charge is 0.260 e. The lowest BCUT2D eigenvalue weighted by Crippen LogP contribution is -2.13. The Morgan fingerprint density at radius 1 is 1.53 bits per heavy atom. The normalized spacial score (nSPS) is 10.2. The zero-order chi connectivity index (χ0) is 12.4. The van der Waals surface area contributed by atoms with Crippen LogP contribution in [-0.2, 0) is 0 Å². The summed E-state index contributed by atoms with van der Waals surface area (Å²) in [6.07, 6.45) is 1.39.